The summed E-state index contributed by atoms with van der Waals surface area (Å²) in [6, 6.07) is 4.50. The Morgan fingerprint density at radius 1 is 1.29 bits per heavy atom. The van der Waals surface area contributed by atoms with Crippen LogP contribution in [-0.2, 0) is 4.79 Å². The second-order valence-corrected chi connectivity index (χ2v) is 5.82. The molecule has 116 valence electrons. The molecule has 0 unspecified atom stereocenters. The fourth-order valence-corrected chi connectivity index (χ4v) is 2.23. The van der Waals surface area contributed by atoms with Crippen LogP contribution in [0.4, 0.5) is 10.5 Å². The minimum Gasteiger partial charge on any atom is -0.480 e. The molecule has 2 amide bonds. The summed E-state index contributed by atoms with van der Waals surface area (Å²) in [4.78, 5) is 24.9. The first-order chi connectivity index (χ1) is 9.72. The van der Waals surface area contributed by atoms with Crippen LogP contribution in [0.25, 0.3) is 0 Å². The number of aliphatic carboxylic acids is 1. The van der Waals surface area contributed by atoms with E-state index in [1.165, 1.54) is 4.90 Å². The fourth-order valence-electron chi connectivity index (χ4n) is 2.23. The van der Waals surface area contributed by atoms with Crippen molar-refractivity contribution in [3.8, 4) is 0 Å². The number of carboxylic acids is 1. The van der Waals surface area contributed by atoms with Gasteiger partial charge in [0.2, 0.25) is 0 Å². The Labute approximate surface area is 126 Å². The smallest absolute Gasteiger partial charge is 0.326 e. The Balaban J connectivity index is 2.84. The van der Waals surface area contributed by atoms with Crippen LogP contribution >= 0.6 is 0 Å². The van der Waals surface area contributed by atoms with Gasteiger partial charge in [-0.15, -0.1) is 0 Å². The van der Waals surface area contributed by atoms with E-state index in [4.69, 9.17) is 0 Å². The van der Waals surface area contributed by atoms with Crippen molar-refractivity contribution in [2.24, 2.45) is 5.92 Å². The Bertz CT molecular complexity index is 526. The maximum absolute atomic E-state index is 12.2. The van der Waals surface area contributed by atoms with E-state index in [-0.39, 0.29) is 5.92 Å². The summed E-state index contributed by atoms with van der Waals surface area (Å²) >= 11 is 0. The number of urea groups is 1. The number of benzene rings is 1. The number of hydrogen-bond donors (Lipinski definition) is 2. The third-order valence-corrected chi connectivity index (χ3v) is 3.32. The van der Waals surface area contributed by atoms with Crippen molar-refractivity contribution in [2.45, 2.75) is 40.2 Å². The summed E-state index contributed by atoms with van der Waals surface area (Å²) in [6.07, 6.45) is 0.405. The molecule has 0 aliphatic heterocycles. The Kier molecular flexibility index (Phi) is 5.76. The van der Waals surface area contributed by atoms with Crippen molar-refractivity contribution in [1.29, 1.82) is 0 Å². The lowest BCUT2D eigenvalue weighted by atomic mass is 10.0. The molecule has 0 heterocycles. The highest BCUT2D eigenvalue weighted by molar-refractivity contribution is 5.94. The molecular formula is C16H24N2O3. The largest absolute Gasteiger partial charge is 0.480 e. The summed E-state index contributed by atoms with van der Waals surface area (Å²) in [5.74, 6) is -0.816. The number of carbonyl (C=O) groups excluding carboxylic acids is 1. The lowest BCUT2D eigenvalue weighted by Gasteiger charge is -2.23. The Hall–Kier alpha value is -2.04. The molecule has 21 heavy (non-hydrogen) atoms. The molecule has 0 aliphatic rings. The van der Waals surface area contributed by atoms with Gasteiger partial charge in [-0.2, -0.15) is 0 Å². The summed E-state index contributed by atoms with van der Waals surface area (Å²) < 4.78 is 0. The number of amides is 2. The van der Waals surface area contributed by atoms with Gasteiger partial charge in [-0.1, -0.05) is 31.5 Å². The number of carbonyl (C=O) groups is 2. The van der Waals surface area contributed by atoms with E-state index in [9.17, 15) is 14.7 Å². The third-order valence-electron chi connectivity index (χ3n) is 3.32. The summed E-state index contributed by atoms with van der Waals surface area (Å²) in [5.41, 5.74) is 2.86. The standard InChI is InChI=1S/C16H24N2O3/c1-10(2)8-13(15(19)20)17-16(21)18(5)14-7-6-11(3)9-12(14)4/h6-7,9-10,13H,8H2,1-5H3,(H,17,21)(H,19,20)/t13-/m0/s1. The maximum Gasteiger partial charge on any atom is 0.326 e. The molecule has 0 aliphatic carbocycles. The number of hydrogen-bond acceptors (Lipinski definition) is 2. The minimum absolute atomic E-state index is 0.192. The quantitative estimate of drug-likeness (QED) is 0.876. The number of carboxylic acid groups (broad SMARTS) is 1. The SMILES string of the molecule is Cc1ccc(N(C)C(=O)N[C@@H](CC(C)C)C(=O)O)c(C)c1. The van der Waals surface area contributed by atoms with Crippen LogP contribution in [0.2, 0.25) is 0 Å². The molecule has 1 aromatic carbocycles. The molecule has 1 aromatic rings. The zero-order valence-electron chi connectivity index (χ0n) is 13.3. The van der Waals surface area contributed by atoms with Gasteiger partial charge in [0.25, 0.3) is 0 Å². The van der Waals surface area contributed by atoms with Crippen LogP contribution in [0.5, 0.6) is 0 Å². The zero-order valence-corrected chi connectivity index (χ0v) is 13.3. The first-order valence-electron chi connectivity index (χ1n) is 7.06. The number of nitrogens with zero attached hydrogens (tertiary/aromatic N) is 1. The molecule has 0 fully saturated rings. The number of anilines is 1. The number of nitrogens with one attached hydrogen (secondary N) is 1. The van der Waals surface area contributed by atoms with Gasteiger partial charge in [-0.25, -0.2) is 9.59 Å². The molecule has 2 N–H and O–H groups in total. The topological polar surface area (TPSA) is 69.6 Å². The maximum atomic E-state index is 12.2. The second kappa shape index (κ2) is 7.11. The summed E-state index contributed by atoms with van der Waals surface area (Å²) in [7, 11) is 1.64. The highest BCUT2D eigenvalue weighted by Gasteiger charge is 2.23. The lowest BCUT2D eigenvalue weighted by Crippen LogP contribution is -2.47. The summed E-state index contributed by atoms with van der Waals surface area (Å²) in [6.45, 7) is 7.76. The van der Waals surface area contributed by atoms with Gasteiger partial charge in [-0.05, 0) is 37.8 Å². The van der Waals surface area contributed by atoms with Crippen molar-refractivity contribution in [2.75, 3.05) is 11.9 Å². The van der Waals surface area contributed by atoms with Gasteiger partial charge in [0.15, 0.2) is 0 Å². The Morgan fingerprint density at radius 3 is 2.38 bits per heavy atom. The average Bonchev–Trinajstić information content (AvgIpc) is 2.36. The predicted octanol–water partition coefficient (Wildman–Crippen LogP) is 2.95. The highest BCUT2D eigenvalue weighted by atomic mass is 16.4. The summed E-state index contributed by atoms with van der Waals surface area (Å²) in [5, 5.41) is 11.8. The molecule has 0 radical (unpaired) electrons. The second-order valence-electron chi connectivity index (χ2n) is 5.82. The Morgan fingerprint density at radius 2 is 1.90 bits per heavy atom. The first-order valence-corrected chi connectivity index (χ1v) is 7.06. The van der Waals surface area contributed by atoms with Crippen molar-refractivity contribution in [3.63, 3.8) is 0 Å². The van der Waals surface area contributed by atoms with Gasteiger partial charge >= 0.3 is 12.0 Å². The molecule has 5 nitrogen and oxygen atoms in total. The van der Waals surface area contributed by atoms with Gasteiger partial charge in [0.05, 0.1) is 0 Å². The van der Waals surface area contributed by atoms with E-state index in [1.807, 2.05) is 45.9 Å². The molecule has 0 spiro atoms. The van der Waals surface area contributed by atoms with Gasteiger partial charge < -0.3 is 10.4 Å². The van der Waals surface area contributed by atoms with Gasteiger partial charge in [-0.3, -0.25) is 4.90 Å². The lowest BCUT2D eigenvalue weighted by molar-refractivity contribution is -0.139. The molecule has 5 heteroatoms. The third kappa shape index (κ3) is 4.77. The molecule has 0 aromatic heterocycles. The van der Waals surface area contributed by atoms with Crippen LogP contribution in [0, 0.1) is 19.8 Å². The highest BCUT2D eigenvalue weighted by Crippen LogP contribution is 2.20. The van der Waals surface area contributed by atoms with E-state index in [2.05, 4.69) is 5.32 Å². The van der Waals surface area contributed by atoms with Gasteiger partial charge in [0, 0.05) is 12.7 Å². The minimum atomic E-state index is -1.01. The van der Waals surface area contributed by atoms with E-state index >= 15 is 0 Å². The first kappa shape index (κ1) is 17.0. The fraction of sp³-hybridized carbons (Fsp3) is 0.500. The van der Waals surface area contributed by atoms with E-state index < -0.39 is 18.0 Å². The van der Waals surface area contributed by atoms with Crippen LogP contribution in [0.15, 0.2) is 18.2 Å². The van der Waals surface area contributed by atoms with Crippen molar-refractivity contribution < 1.29 is 14.7 Å². The van der Waals surface area contributed by atoms with Crippen LogP contribution in [-0.4, -0.2) is 30.2 Å². The monoisotopic (exact) mass is 292 g/mol. The molecule has 1 atom stereocenters. The van der Waals surface area contributed by atoms with Crippen LogP contribution in [0.1, 0.15) is 31.4 Å². The molecule has 0 saturated carbocycles. The number of rotatable bonds is 5. The van der Waals surface area contributed by atoms with Crippen LogP contribution < -0.4 is 10.2 Å². The molecule has 0 bridgehead atoms. The molecule has 1 rings (SSSR count). The van der Waals surface area contributed by atoms with E-state index in [1.54, 1.807) is 7.05 Å². The van der Waals surface area contributed by atoms with Crippen molar-refractivity contribution in [3.05, 3.63) is 29.3 Å². The van der Waals surface area contributed by atoms with Gasteiger partial charge in [0.1, 0.15) is 6.04 Å². The van der Waals surface area contributed by atoms with E-state index in [0.717, 1.165) is 16.8 Å². The van der Waals surface area contributed by atoms with E-state index in [0.29, 0.717) is 6.42 Å². The van der Waals surface area contributed by atoms with Crippen molar-refractivity contribution >= 4 is 17.7 Å². The number of aryl methyl sites for hydroxylation is 2. The zero-order chi connectivity index (χ0) is 16.2. The van der Waals surface area contributed by atoms with Crippen LogP contribution in [0.3, 0.4) is 0 Å². The van der Waals surface area contributed by atoms with Crippen molar-refractivity contribution in [1.82, 2.24) is 5.32 Å². The molecular weight excluding hydrogens is 268 g/mol. The average molecular weight is 292 g/mol. The molecule has 0 saturated heterocycles. The normalized spacial score (nSPS) is 12.1. The predicted molar refractivity (Wildman–Crippen MR) is 83.7 cm³/mol.